The second kappa shape index (κ2) is 9.39. The fraction of sp³-hybridized carbons (Fsp3) is 0.417. The molecule has 1 unspecified atom stereocenters. The molecule has 1 saturated heterocycles. The molecule has 1 aromatic carbocycles. The molecule has 0 radical (unpaired) electrons. The van der Waals surface area contributed by atoms with Gasteiger partial charge in [-0.3, -0.25) is 9.59 Å². The third-order valence-electron chi connectivity index (χ3n) is 5.34. The second-order valence-electron chi connectivity index (χ2n) is 7.92. The monoisotopic (exact) mass is 427 g/mol. The van der Waals surface area contributed by atoms with Gasteiger partial charge in [0.05, 0.1) is 25.1 Å². The number of aliphatic hydroxyl groups is 1. The number of aryl methyl sites for hydroxylation is 2. The lowest BCUT2D eigenvalue weighted by Crippen LogP contribution is -2.31. The van der Waals surface area contributed by atoms with Crippen molar-refractivity contribution in [3.8, 4) is 5.75 Å². The zero-order chi connectivity index (χ0) is 22.7. The van der Waals surface area contributed by atoms with Gasteiger partial charge in [0, 0.05) is 18.7 Å². The first-order valence-corrected chi connectivity index (χ1v) is 10.3. The number of carbonyl (C=O) groups is 2. The standard InChI is InChI=1S/C24H29NO6/c1-14(2)30-11-7-9-25-21(18-8-6-10-31-18)20(23(27)24(25)28)22(26)17-12-16(4)19(29-5)13-15(17)3/h6,8,10,12-14,21,26H,7,9,11H2,1-5H3/b22-20-. The quantitative estimate of drug-likeness (QED) is 0.295. The van der Waals surface area contributed by atoms with Gasteiger partial charge in [-0.05, 0) is 69.5 Å². The van der Waals surface area contributed by atoms with Crippen LogP contribution >= 0.6 is 0 Å². The number of rotatable bonds is 8. The molecule has 3 rings (SSSR count). The Morgan fingerprint density at radius 2 is 1.97 bits per heavy atom. The first kappa shape index (κ1) is 22.6. The smallest absolute Gasteiger partial charge is 0.295 e. The number of amides is 1. The number of ketones is 1. The van der Waals surface area contributed by atoms with Crippen molar-refractivity contribution in [3.63, 3.8) is 0 Å². The molecule has 1 aliphatic rings. The van der Waals surface area contributed by atoms with Gasteiger partial charge in [-0.25, -0.2) is 0 Å². The number of hydrogen-bond donors (Lipinski definition) is 1. The predicted octanol–water partition coefficient (Wildman–Crippen LogP) is 4.14. The summed E-state index contributed by atoms with van der Waals surface area (Å²) < 4.78 is 16.5. The van der Waals surface area contributed by atoms with E-state index in [4.69, 9.17) is 13.9 Å². The van der Waals surface area contributed by atoms with E-state index in [1.54, 1.807) is 31.4 Å². The van der Waals surface area contributed by atoms with Crippen LogP contribution in [-0.2, 0) is 14.3 Å². The van der Waals surface area contributed by atoms with Crippen LogP contribution in [0.15, 0.2) is 40.5 Å². The molecule has 7 heteroatoms. The molecule has 0 spiro atoms. The topological polar surface area (TPSA) is 89.2 Å². The summed E-state index contributed by atoms with van der Waals surface area (Å²) in [5, 5.41) is 11.2. The first-order valence-electron chi connectivity index (χ1n) is 10.3. The number of likely N-dealkylation sites (tertiary alicyclic amines) is 1. The molecule has 1 N–H and O–H groups in total. The molecule has 0 aliphatic carbocycles. The van der Waals surface area contributed by atoms with E-state index in [2.05, 4.69) is 0 Å². The number of furan rings is 1. The van der Waals surface area contributed by atoms with E-state index in [1.165, 1.54) is 11.2 Å². The fourth-order valence-electron chi connectivity index (χ4n) is 3.82. The van der Waals surface area contributed by atoms with Crippen molar-refractivity contribution in [1.29, 1.82) is 0 Å². The van der Waals surface area contributed by atoms with Crippen LogP contribution in [0.25, 0.3) is 5.76 Å². The number of benzene rings is 1. The van der Waals surface area contributed by atoms with Crippen LogP contribution in [-0.4, -0.2) is 48.1 Å². The van der Waals surface area contributed by atoms with Gasteiger partial charge in [-0.15, -0.1) is 0 Å². The number of methoxy groups -OCH3 is 1. The van der Waals surface area contributed by atoms with Crippen molar-refractivity contribution in [2.45, 2.75) is 46.3 Å². The fourth-order valence-corrected chi connectivity index (χ4v) is 3.82. The molecule has 7 nitrogen and oxygen atoms in total. The Labute approximate surface area is 182 Å². The Kier molecular flexibility index (Phi) is 6.85. The first-order chi connectivity index (χ1) is 14.8. The van der Waals surface area contributed by atoms with Gasteiger partial charge in [-0.2, -0.15) is 0 Å². The van der Waals surface area contributed by atoms with Crippen LogP contribution in [0.4, 0.5) is 0 Å². The van der Waals surface area contributed by atoms with Crippen molar-refractivity contribution in [1.82, 2.24) is 4.90 Å². The molecule has 166 valence electrons. The minimum Gasteiger partial charge on any atom is -0.507 e. The average molecular weight is 427 g/mol. The lowest BCUT2D eigenvalue weighted by molar-refractivity contribution is -0.140. The molecular weight excluding hydrogens is 398 g/mol. The second-order valence-corrected chi connectivity index (χ2v) is 7.92. The highest BCUT2D eigenvalue weighted by atomic mass is 16.5. The molecule has 0 bridgehead atoms. The summed E-state index contributed by atoms with van der Waals surface area (Å²) in [5.41, 5.74) is 2.05. The Morgan fingerprint density at radius 1 is 1.23 bits per heavy atom. The number of ether oxygens (including phenoxy) is 2. The molecule has 1 aromatic heterocycles. The van der Waals surface area contributed by atoms with Crippen LogP contribution in [0.1, 0.15) is 48.8 Å². The van der Waals surface area contributed by atoms with Crippen molar-refractivity contribution in [3.05, 3.63) is 58.6 Å². The van der Waals surface area contributed by atoms with Crippen molar-refractivity contribution in [2.24, 2.45) is 0 Å². The molecule has 2 heterocycles. The summed E-state index contributed by atoms with van der Waals surface area (Å²) in [5.74, 6) is -0.494. The summed E-state index contributed by atoms with van der Waals surface area (Å²) in [6, 6.07) is 6.15. The molecule has 2 aromatic rings. The molecule has 1 fully saturated rings. The lowest BCUT2D eigenvalue weighted by Gasteiger charge is -2.23. The van der Waals surface area contributed by atoms with Crippen LogP contribution in [0.5, 0.6) is 5.75 Å². The van der Waals surface area contributed by atoms with Crippen molar-refractivity contribution >= 4 is 17.4 Å². The van der Waals surface area contributed by atoms with Gasteiger partial charge < -0.3 is 23.9 Å². The minimum atomic E-state index is -0.796. The Morgan fingerprint density at radius 3 is 2.58 bits per heavy atom. The molecule has 31 heavy (non-hydrogen) atoms. The number of Topliss-reactive ketones (excluding diaryl/α,β-unsaturated/α-hetero) is 1. The largest absolute Gasteiger partial charge is 0.507 e. The number of nitrogens with zero attached hydrogens (tertiary/aromatic N) is 1. The third kappa shape index (κ3) is 4.51. The molecule has 1 amide bonds. The third-order valence-corrected chi connectivity index (χ3v) is 5.34. The summed E-state index contributed by atoms with van der Waals surface area (Å²) in [6.07, 6.45) is 2.13. The molecule has 1 aliphatic heterocycles. The highest BCUT2D eigenvalue weighted by molar-refractivity contribution is 6.46. The summed E-state index contributed by atoms with van der Waals surface area (Å²) in [6.45, 7) is 8.31. The van der Waals surface area contributed by atoms with Gasteiger partial charge in [0.2, 0.25) is 0 Å². The highest BCUT2D eigenvalue weighted by Crippen LogP contribution is 2.40. The maximum atomic E-state index is 13.0. The van der Waals surface area contributed by atoms with Crippen molar-refractivity contribution in [2.75, 3.05) is 20.3 Å². The highest BCUT2D eigenvalue weighted by Gasteiger charge is 2.47. The van der Waals surface area contributed by atoms with Crippen LogP contribution in [0.2, 0.25) is 0 Å². The van der Waals surface area contributed by atoms with E-state index >= 15 is 0 Å². The normalized spacial score (nSPS) is 18.3. The number of carbonyl (C=O) groups excluding carboxylic acids is 2. The van der Waals surface area contributed by atoms with E-state index in [0.29, 0.717) is 36.6 Å². The van der Waals surface area contributed by atoms with E-state index in [9.17, 15) is 14.7 Å². The summed E-state index contributed by atoms with van der Waals surface area (Å²) in [7, 11) is 1.58. The van der Waals surface area contributed by atoms with E-state index < -0.39 is 17.7 Å². The maximum absolute atomic E-state index is 13.0. The molecule has 0 saturated carbocycles. The van der Waals surface area contributed by atoms with Gasteiger partial charge in [-0.1, -0.05) is 0 Å². The van der Waals surface area contributed by atoms with E-state index in [1.807, 2.05) is 27.7 Å². The van der Waals surface area contributed by atoms with Gasteiger partial charge in [0.15, 0.2) is 0 Å². The summed E-state index contributed by atoms with van der Waals surface area (Å²) in [4.78, 5) is 27.3. The number of aliphatic hydroxyl groups excluding tert-OH is 1. The van der Waals surface area contributed by atoms with Gasteiger partial charge in [0.25, 0.3) is 11.7 Å². The Balaban J connectivity index is 2.04. The number of hydrogen-bond acceptors (Lipinski definition) is 6. The van der Waals surface area contributed by atoms with Crippen molar-refractivity contribution < 1.29 is 28.6 Å². The Hall–Kier alpha value is -3.06. The molecular formula is C24H29NO6. The summed E-state index contributed by atoms with van der Waals surface area (Å²) >= 11 is 0. The van der Waals surface area contributed by atoms with Crippen LogP contribution in [0, 0.1) is 13.8 Å². The zero-order valence-corrected chi connectivity index (χ0v) is 18.6. The minimum absolute atomic E-state index is 0.0254. The van der Waals surface area contributed by atoms with Gasteiger partial charge >= 0.3 is 0 Å². The van der Waals surface area contributed by atoms with Crippen LogP contribution in [0.3, 0.4) is 0 Å². The van der Waals surface area contributed by atoms with Crippen LogP contribution < -0.4 is 4.74 Å². The maximum Gasteiger partial charge on any atom is 0.295 e. The predicted molar refractivity (Wildman–Crippen MR) is 116 cm³/mol. The van der Waals surface area contributed by atoms with E-state index in [0.717, 1.165) is 11.1 Å². The lowest BCUT2D eigenvalue weighted by atomic mass is 9.95. The SMILES string of the molecule is COc1cc(C)c(/C(O)=C2/C(=O)C(=O)N(CCCOC(C)C)C2c2ccco2)cc1C. The van der Waals surface area contributed by atoms with Gasteiger partial charge in [0.1, 0.15) is 23.3 Å². The van der Waals surface area contributed by atoms with E-state index in [-0.39, 0.29) is 17.4 Å². The average Bonchev–Trinajstić information content (AvgIpc) is 3.34. The molecule has 1 atom stereocenters. The zero-order valence-electron chi connectivity index (χ0n) is 18.6. The Bertz CT molecular complexity index is 990.